The molecule has 2 nitrogen and oxygen atoms in total. The lowest BCUT2D eigenvalue weighted by molar-refractivity contribution is 0.615. The molecule has 0 aliphatic rings. The van der Waals surface area contributed by atoms with E-state index in [4.69, 9.17) is 17.3 Å². The van der Waals surface area contributed by atoms with E-state index in [-0.39, 0.29) is 5.75 Å². The van der Waals surface area contributed by atoms with Crippen molar-refractivity contribution in [2.75, 3.05) is 5.73 Å². The monoisotopic (exact) mass is 297 g/mol. The van der Waals surface area contributed by atoms with Crippen LogP contribution in [0.25, 0.3) is 0 Å². The Morgan fingerprint density at radius 2 is 2.00 bits per heavy atom. The largest absolute Gasteiger partial charge is 0.399 e. The molecule has 2 rings (SSSR count). The summed E-state index contributed by atoms with van der Waals surface area (Å²) in [6, 6.07) is 9.58. The third-order valence-electron chi connectivity index (χ3n) is 2.76. The van der Waals surface area contributed by atoms with Crippen molar-refractivity contribution in [3.8, 4) is 0 Å². The lowest BCUT2D eigenvalue weighted by atomic mass is 10.2. The van der Waals surface area contributed by atoms with Crippen LogP contribution in [0.3, 0.4) is 0 Å². The fourth-order valence-corrected chi connectivity index (χ4v) is 3.25. The van der Waals surface area contributed by atoms with E-state index in [1.54, 1.807) is 30.3 Å². The minimum absolute atomic E-state index is 0.104. The lowest BCUT2D eigenvalue weighted by Gasteiger charge is -2.08. The van der Waals surface area contributed by atoms with Crippen LogP contribution in [-0.2, 0) is 16.6 Å². The quantitative estimate of drug-likeness (QED) is 0.878. The Morgan fingerprint density at radius 3 is 2.68 bits per heavy atom. The molecular weight excluding hydrogens is 285 g/mol. The van der Waals surface area contributed by atoms with Crippen LogP contribution in [0.2, 0.25) is 5.02 Å². The second-order valence-electron chi connectivity index (χ2n) is 4.25. The van der Waals surface area contributed by atoms with Gasteiger partial charge in [-0.2, -0.15) is 0 Å². The summed E-state index contributed by atoms with van der Waals surface area (Å²) in [5, 5.41) is 0.326. The van der Waals surface area contributed by atoms with Gasteiger partial charge in [0.2, 0.25) is 0 Å². The highest BCUT2D eigenvalue weighted by molar-refractivity contribution is 7.84. The van der Waals surface area contributed by atoms with E-state index in [9.17, 15) is 8.60 Å². The number of nitrogens with two attached hydrogens (primary N) is 1. The fourth-order valence-electron chi connectivity index (χ4n) is 1.72. The van der Waals surface area contributed by atoms with Gasteiger partial charge in [-0.05, 0) is 36.8 Å². The molecule has 1 unspecified atom stereocenters. The molecule has 2 aromatic carbocycles. The summed E-state index contributed by atoms with van der Waals surface area (Å²) in [5.41, 5.74) is 7.49. The smallest absolute Gasteiger partial charge is 0.128 e. The predicted molar refractivity (Wildman–Crippen MR) is 77.1 cm³/mol. The summed E-state index contributed by atoms with van der Waals surface area (Å²) in [5.74, 6) is -0.338. The molecule has 0 heterocycles. The predicted octanol–water partition coefficient (Wildman–Crippen LogP) is 3.68. The highest BCUT2D eigenvalue weighted by atomic mass is 35.5. The third-order valence-corrected chi connectivity index (χ3v) is 4.50. The van der Waals surface area contributed by atoms with Crippen molar-refractivity contribution in [1.29, 1.82) is 0 Å². The number of hydrogen-bond donors (Lipinski definition) is 1. The highest BCUT2D eigenvalue weighted by Gasteiger charge is 2.12. The molecule has 2 N–H and O–H groups in total. The van der Waals surface area contributed by atoms with Crippen LogP contribution in [0.1, 0.15) is 11.1 Å². The minimum Gasteiger partial charge on any atom is -0.399 e. The molecule has 0 aliphatic carbocycles. The van der Waals surface area contributed by atoms with Crippen molar-refractivity contribution >= 4 is 28.1 Å². The normalized spacial score (nSPS) is 12.4. The number of nitrogen functional groups attached to an aromatic ring is 1. The maximum absolute atomic E-state index is 13.7. The van der Waals surface area contributed by atoms with Gasteiger partial charge in [-0.15, -0.1) is 0 Å². The van der Waals surface area contributed by atoms with Gasteiger partial charge in [0.05, 0.1) is 16.6 Å². The Balaban J connectivity index is 2.28. The Bertz CT molecular complexity index is 645. The van der Waals surface area contributed by atoms with Crippen molar-refractivity contribution in [3.63, 3.8) is 0 Å². The van der Waals surface area contributed by atoms with E-state index >= 15 is 0 Å². The van der Waals surface area contributed by atoms with Crippen molar-refractivity contribution in [1.82, 2.24) is 0 Å². The standard InChI is InChI=1S/C14H13ClFNOS/c1-9-2-5-12(17)7-14(9)19(18)8-10-3-4-11(15)6-13(10)16/h2-7H,8,17H2,1H3. The van der Waals surface area contributed by atoms with Crippen LogP contribution in [0.5, 0.6) is 0 Å². The van der Waals surface area contributed by atoms with E-state index in [2.05, 4.69) is 0 Å². The first kappa shape index (κ1) is 14.0. The molecular formula is C14H13ClFNOS. The summed E-state index contributed by atoms with van der Waals surface area (Å²) >= 11 is 5.68. The zero-order valence-electron chi connectivity index (χ0n) is 10.3. The molecule has 100 valence electrons. The molecule has 0 aromatic heterocycles. The molecule has 1 atom stereocenters. The van der Waals surface area contributed by atoms with E-state index < -0.39 is 16.6 Å². The zero-order valence-corrected chi connectivity index (χ0v) is 11.9. The minimum atomic E-state index is -1.34. The molecule has 5 heteroatoms. The third kappa shape index (κ3) is 3.33. The summed E-state index contributed by atoms with van der Waals surface area (Å²) in [6.07, 6.45) is 0. The zero-order chi connectivity index (χ0) is 14.0. The molecule has 0 fully saturated rings. The summed E-state index contributed by atoms with van der Waals surface area (Å²) < 4.78 is 25.9. The topological polar surface area (TPSA) is 43.1 Å². The van der Waals surface area contributed by atoms with Gasteiger partial charge in [-0.1, -0.05) is 23.7 Å². The molecule has 2 aromatic rings. The molecule has 0 radical (unpaired) electrons. The van der Waals surface area contributed by atoms with E-state index in [0.717, 1.165) is 5.56 Å². The van der Waals surface area contributed by atoms with Crippen LogP contribution in [0.15, 0.2) is 41.3 Å². The first-order valence-corrected chi connectivity index (χ1v) is 7.35. The van der Waals surface area contributed by atoms with Gasteiger partial charge in [0.1, 0.15) is 5.82 Å². The molecule has 0 saturated carbocycles. The fraction of sp³-hybridized carbons (Fsp3) is 0.143. The van der Waals surface area contributed by atoms with Gasteiger partial charge < -0.3 is 5.73 Å². The lowest BCUT2D eigenvalue weighted by Crippen LogP contribution is -2.02. The van der Waals surface area contributed by atoms with Gasteiger partial charge in [-0.25, -0.2) is 4.39 Å². The second-order valence-corrected chi connectivity index (χ2v) is 6.11. The Morgan fingerprint density at radius 1 is 1.26 bits per heavy atom. The van der Waals surface area contributed by atoms with Crippen molar-refractivity contribution in [3.05, 3.63) is 58.4 Å². The molecule has 0 spiro atoms. The number of anilines is 1. The van der Waals surface area contributed by atoms with E-state index in [1.165, 1.54) is 6.07 Å². The van der Waals surface area contributed by atoms with Crippen LogP contribution >= 0.6 is 11.6 Å². The van der Waals surface area contributed by atoms with Crippen molar-refractivity contribution in [2.24, 2.45) is 0 Å². The van der Waals surface area contributed by atoms with Gasteiger partial charge in [0.15, 0.2) is 0 Å². The van der Waals surface area contributed by atoms with Crippen LogP contribution in [-0.4, -0.2) is 4.21 Å². The number of benzene rings is 2. The van der Waals surface area contributed by atoms with Crippen LogP contribution in [0, 0.1) is 12.7 Å². The van der Waals surface area contributed by atoms with Crippen LogP contribution < -0.4 is 5.73 Å². The number of hydrogen-bond acceptors (Lipinski definition) is 2. The Kier molecular flexibility index (Phi) is 4.22. The summed E-state index contributed by atoms with van der Waals surface area (Å²) in [6.45, 7) is 1.85. The molecule has 19 heavy (non-hydrogen) atoms. The van der Waals surface area contributed by atoms with Gasteiger partial charge in [-0.3, -0.25) is 4.21 Å². The Hall–Kier alpha value is -1.39. The van der Waals surface area contributed by atoms with E-state index in [0.29, 0.717) is 21.2 Å². The highest BCUT2D eigenvalue weighted by Crippen LogP contribution is 2.22. The number of halogens is 2. The summed E-state index contributed by atoms with van der Waals surface area (Å²) in [4.78, 5) is 0.634. The first-order chi connectivity index (χ1) is 8.97. The molecule has 0 saturated heterocycles. The average molecular weight is 298 g/mol. The Labute approximate surface area is 118 Å². The van der Waals surface area contributed by atoms with Crippen molar-refractivity contribution < 1.29 is 8.60 Å². The van der Waals surface area contributed by atoms with Gasteiger partial charge >= 0.3 is 0 Å². The first-order valence-electron chi connectivity index (χ1n) is 5.66. The summed E-state index contributed by atoms with van der Waals surface area (Å²) in [7, 11) is -1.34. The number of rotatable bonds is 3. The van der Waals surface area contributed by atoms with Gasteiger partial charge in [0.25, 0.3) is 0 Å². The molecule has 0 aliphatic heterocycles. The molecule has 0 bridgehead atoms. The second kappa shape index (κ2) is 5.72. The maximum Gasteiger partial charge on any atom is 0.128 e. The molecule has 0 amide bonds. The SMILES string of the molecule is Cc1ccc(N)cc1S(=O)Cc1ccc(Cl)cc1F. The van der Waals surface area contributed by atoms with Gasteiger partial charge in [0, 0.05) is 21.2 Å². The van der Waals surface area contributed by atoms with E-state index in [1.807, 2.05) is 6.92 Å². The van der Waals surface area contributed by atoms with Crippen molar-refractivity contribution in [2.45, 2.75) is 17.6 Å². The average Bonchev–Trinajstić information content (AvgIpc) is 2.35. The number of aryl methyl sites for hydroxylation is 1. The van der Waals surface area contributed by atoms with Crippen LogP contribution in [0.4, 0.5) is 10.1 Å². The maximum atomic E-state index is 13.7.